The average Bonchev–Trinajstić information content (AvgIpc) is 2.69. The fourth-order valence-electron chi connectivity index (χ4n) is 3.22. The molecule has 0 saturated heterocycles. The van der Waals surface area contributed by atoms with Crippen molar-refractivity contribution in [1.82, 2.24) is 0 Å². The summed E-state index contributed by atoms with van der Waals surface area (Å²) in [5.74, 6) is -0.241. The van der Waals surface area contributed by atoms with E-state index in [1.54, 1.807) is 60.7 Å². The van der Waals surface area contributed by atoms with Crippen LogP contribution in [0, 0.1) is 10.1 Å². The van der Waals surface area contributed by atoms with Gasteiger partial charge in [-0.1, -0.05) is 35.9 Å². The third kappa shape index (κ3) is 3.00. The van der Waals surface area contributed by atoms with E-state index in [2.05, 4.69) is 5.32 Å². The number of hydrogen-bond acceptors (Lipinski definition) is 4. The van der Waals surface area contributed by atoms with Crippen LogP contribution in [0.3, 0.4) is 0 Å². The van der Waals surface area contributed by atoms with Crippen molar-refractivity contribution in [2.45, 2.75) is 6.17 Å². The molecule has 1 unspecified atom stereocenters. The predicted octanol–water partition coefficient (Wildman–Crippen LogP) is 5.02. The van der Waals surface area contributed by atoms with E-state index in [-0.39, 0.29) is 11.6 Å². The van der Waals surface area contributed by atoms with E-state index in [0.717, 1.165) is 0 Å². The fourth-order valence-corrected chi connectivity index (χ4v) is 3.35. The molecule has 0 aromatic heterocycles. The average molecular weight is 380 g/mol. The molecule has 4 rings (SSSR count). The topological polar surface area (TPSA) is 75.5 Å². The first-order valence-corrected chi connectivity index (χ1v) is 8.62. The Bertz CT molecular complexity index is 1040. The first-order chi connectivity index (χ1) is 13.1. The van der Waals surface area contributed by atoms with Gasteiger partial charge in [0.05, 0.1) is 16.1 Å². The monoisotopic (exact) mass is 379 g/mol. The van der Waals surface area contributed by atoms with Crippen LogP contribution in [0.1, 0.15) is 22.1 Å². The van der Waals surface area contributed by atoms with E-state index in [1.165, 1.54) is 11.0 Å². The van der Waals surface area contributed by atoms with Gasteiger partial charge in [0.1, 0.15) is 6.17 Å². The maximum atomic E-state index is 13.3. The normalized spacial score (nSPS) is 15.8. The number of nitro benzene ring substituents is 1. The van der Waals surface area contributed by atoms with Gasteiger partial charge in [-0.25, -0.2) is 0 Å². The van der Waals surface area contributed by atoms with Crippen molar-refractivity contribution in [3.05, 3.63) is 99.1 Å². The van der Waals surface area contributed by atoms with Crippen LogP contribution in [0.25, 0.3) is 0 Å². The molecule has 1 atom stereocenters. The molecule has 134 valence electrons. The highest BCUT2D eigenvalue weighted by atomic mass is 35.5. The van der Waals surface area contributed by atoms with Gasteiger partial charge in [-0.05, 0) is 42.5 Å². The smallest absolute Gasteiger partial charge is 0.276 e. The fraction of sp³-hybridized carbons (Fsp3) is 0.0500. The van der Waals surface area contributed by atoms with Crippen LogP contribution in [-0.4, -0.2) is 10.8 Å². The van der Waals surface area contributed by atoms with Crippen LogP contribution >= 0.6 is 11.6 Å². The highest BCUT2D eigenvalue weighted by Gasteiger charge is 2.36. The molecule has 1 N–H and O–H groups in total. The number of anilines is 2. The highest BCUT2D eigenvalue weighted by Crippen LogP contribution is 2.39. The summed E-state index contributed by atoms with van der Waals surface area (Å²) in [5.41, 5.74) is 2.08. The molecular weight excluding hydrogens is 366 g/mol. The van der Waals surface area contributed by atoms with E-state index in [9.17, 15) is 14.9 Å². The van der Waals surface area contributed by atoms with Gasteiger partial charge in [0, 0.05) is 22.5 Å². The lowest BCUT2D eigenvalue weighted by Gasteiger charge is -2.37. The van der Waals surface area contributed by atoms with Gasteiger partial charge in [-0.15, -0.1) is 0 Å². The summed E-state index contributed by atoms with van der Waals surface area (Å²) in [6, 6.07) is 20.3. The lowest BCUT2D eigenvalue weighted by atomic mass is 10.0. The summed E-state index contributed by atoms with van der Waals surface area (Å²) < 4.78 is 0. The summed E-state index contributed by atoms with van der Waals surface area (Å²) in [7, 11) is 0. The van der Waals surface area contributed by atoms with Crippen molar-refractivity contribution >= 4 is 34.6 Å². The molecule has 3 aromatic carbocycles. The number of para-hydroxylation sites is 2. The van der Waals surface area contributed by atoms with Gasteiger partial charge < -0.3 is 5.32 Å². The summed E-state index contributed by atoms with van der Waals surface area (Å²) in [5, 5.41) is 15.3. The standard InChI is InChI=1S/C20H14ClN3O3/c21-13-9-11-14(12-10-13)23-19(16-6-2-4-8-18(16)24(26)27)22-17-7-3-1-5-15(17)20(23)25/h1-12,19,22H. The Morgan fingerprint density at radius 3 is 2.37 bits per heavy atom. The Hall–Kier alpha value is -3.38. The molecule has 1 aliphatic heterocycles. The minimum atomic E-state index is -0.727. The molecule has 0 spiro atoms. The molecule has 0 aliphatic carbocycles. The number of hydrogen-bond donors (Lipinski definition) is 1. The SMILES string of the molecule is O=C1c2ccccc2NC(c2ccccc2[N+](=O)[O-])N1c1ccc(Cl)cc1. The van der Waals surface area contributed by atoms with Gasteiger partial charge >= 0.3 is 0 Å². The number of nitrogens with zero attached hydrogens (tertiary/aromatic N) is 2. The minimum Gasteiger partial charge on any atom is -0.360 e. The molecule has 0 radical (unpaired) electrons. The molecule has 1 heterocycles. The molecule has 1 amide bonds. The quantitative estimate of drug-likeness (QED) is 0.512. The summed E-state index contributed by atoms with van der Waals surface area (Å²) in [6.07, 6.45) is -0.727. The van der Waals surface area contributed by atoms with E-state index in [0.29, 0.717) is 27.5 Å². The highest BCUT2D eigenvalue weighted by molar-refractivity contribution is 6.30. The van der Waals surface area contributed by atoms with Gasteiger partial charge in [-0.3, -0.25) is 19.8 Å². The third-order valence-corrected chi connectivity index (χ3v) is 4.71. The van der Waals surface area contributed by atoms with Crippen LogP contribution in [-0.2, 0) is 0 Å². The molecule has 27 heavy (non-hydrogen) atoms. The number of nitro groups is 1. The molecule has 0 bridgehead atoms. The molecule has 3 aromatic rings. The maximum absolute atomic E-state index is 13.3. The van der Waals surface area contributed by atoms with E-state index in [1.807, 2.05) is 6.07 Å². The van der Waals surface area contributed by atoms with Gasteiger partial charge in [0.2, 0.25) is 0 Å². The van der Waals surface area contributed by atoms with Gasteiger partial charge in [-0.2, -0.15) is 0 Å². The zero-order valence-corrected chi connectivity index (χ0v) is 14.8. The number of carbonyl (C=O) groups excluding carboxylic acids is 1. The van der Waals surface area contributed by atoms with Crippen molar-refractivity contribution in [2.75, 3.05) is 10.2 Å². The number of amides is 1. The Kier molecular flexibility index (Phi) is 4.25. The third-order valence-electron chi connectivity index (χ3n) is 4.46. The van der Waals surface area contributed by atoms with Crippen LogP contribution < -0.4 is 10.2 Å². The Balaban J connectivity index is 1.91. The van der Waals surface area contributed by atoms with Gasteiger partial charge in [0.25, 0.3) is 11.6 Å². The summed E-state index contributed by atoms with van der Waals surface area (Å²) >= 11 is 5.98. The Morgan fingerprint density at radius 2 is 1.63 bits per heavy atom. The molecular formula is C20H14ClN3O3. The lowest BCUT2D eigenvalue weighted by molar-refractivity contribution is -0.385. The van der Waals surface area contributed by atoms with Crippen molar-refractivity contribution in [3.8, 4) is 0 Å². The van der Waals surface area contributed by atoms with E-state index in [4.69, 9.17) is 11.6 Å². The number of nitrogens with one attached hydrogen (secondary N) is 1. The Labute approximate surface area is 160 Å². The first-order valence-electron chi connectivity index (χ1n) is 8.24. The van der Waals surface area contributed by atoms with Crippen LogP contribution in [0.5, 0.6) is 0 Å². The lowest BCUT2D eigenvalue weighted by Crippen LogP contribution is -2.43. The summed E-state index contributed by atoms with van der Waals surface area (Å²) in [6.45, 7) is 0. The zero-order chi connectivity index (χ0) is 19.0. The molecule has 6 nitrogen and oxygen atoms in total. The summed E-state index contributed by atoms with van der Waals surface area (Å²) in [4.78, 5) is 25.9. The molecule has 1 aliphatic rings. The largest absolute Gasteiger partial charge is 0.360 e. The molecule has 0 fully saturated rings. The van der Waals surface area contributed by atoms with E-state index < -0.39 is 11.1 Å². The molecule has 7 heteroatoms. The second-order valence-electron chi connectivity index (χ2n) is 6.06. The predicted molar refractivity (Wildman–Crippen MR) is 104 cm³/mol. The van der Waals surface area contributed by atoms with Gasteiger partial charge in [0.15, 0.2) is 0 Å². The number of rotatable bonds is 3. The van der Waals surface area contributed by atoms with Crippen molar-refractivity contribution in [1.29, 1.82) is 0 Å². The number of carbonyl (C=O) groups is 1. The van der Waals surface area contributed by atoms with Crippen LogP contribution in [0.15, 0.2) is 72.8 Å². The second-order valence-corrected chi connectivity index (χ2v) is 6.50. The van der Waals surface area contributed by atoms with E-state index >= 15 is 0 Å². The van der Waals surface area contributed by atoms with Crippen molar-refractivity contribution < 1.29 is 9.72 Å². The maximum Gasteiger partial charge on any atom is 0.276 e. The van der Waals surface area contributed by atoms with Crippen LogP contribution in [0.2, 0.25) is 5.02 Å². The second kappa shape index (κ2) is 6.74. The van der Waals surface area contributed by atoms with Crippen LogP contribution in [0.4, 0.5) is 17.1 Å². The van der Waals surface area contributed by atoms with Crippen molar-refractivity contribution in [2.24, 2.45) is 0 Å². The number of fused-ring (bicyclic) bond motifs is 1. The van der Waals surface area contributed by atoms with Crippen molar-refractivity contribution in [3.63, 3.8) is 0 Å². The zero-order valence-electron chi connectivity index (χ0n) is 14.0. The molecule has 0 saturated carbocycles. The minimum absolute atomic E-state index is 0.0545. The number of benzene rings is 3. The first kappa shape index (κ1) is 17.1. The number of halogens is 1. The Morgan fingerprint density at radius 1 is 0.963 bits per heavy atom.